The molecule has 0 aromatic carbocycles. The fourth-order valence-corrected chi connectivity index (χ4v) is 2.76. The molecule has 1 fully saturated rings. The molecule has 1 saturated carbocycles. The summed E-state index contributed by atoms with van der Waals surface area (Å²) < 4.78 is 0. The predicted octanol–water partition coefficient (Wildman–Crippen LogP) is 7.05. The Morgan fingerprint density at radius 2 is 1.65 bits per heavy atom. The number of hydrogen-bond donors (Lipinski definition) is 0. The van der Waals surface area contributed by atoms with Gasteiger partial charge in [-0.05, 0) is 31.1 Å². The van der Waals surface area contributed by atoms with E-state index in [1.807, 2.05) is 34.6 Å². The topological polar surface area (TPSA) is 0 Å². The molecule has 4 atom stereocenters. The van der Waals surface area contributed by atoms with E-state index in [2.05, 4.69) is 40.0 Å². The van der Waals surface area contributed by atoms with Crippen molar-refractivity contribution in [2.75, 3.05) is 0 Å². The minimum Gasteiger partial charge on any atom is -0.0988 e. The van der Waals surface area contributed by atoms with Gasteiger partial charge in [-0.3, -0.25) is 0 Å². The van der Waals surface area contributed by atoms with Crippen molar-refractivity contribution in [3.63, 3.8) is 0 Å². The highest BCUT2D eigenvalue weighted by Gasteiger charge is 2.47. The van der Waals surface area contributed by atoms with Crippen molar-refractivity contribution in [3.8, 4) is 0 Å². The third-order valence-electron chi connectivity index (χ3n) is 4.07. The minimum atomic E-state index is 0.900. The minimum absolute atomic E-state index is 0.900. The largest absolute Gasteiger partial charge is 0.0988 e. The van der Waals surface area contributed by atoms with Crippen LogP contribution < -0.4 is 0 Å². The zero-order valence-electron chi connectivity index (χ0n) is 15.3. The van der Waals surface area contributed by atoms with Gasteiger partial charge in [-0.2, -0.15) is 0 Å². The third-order valence-corrected chi connectivity index (χ3v) is 4.07. The number of hydrogen-bond acceptors (Lipinski definition) is 0. The highest BCUT2D eigenvalue weighted by atomic mass is 14.5. The Hall–Kier alpha value is -0.780. The fourth-order valence-electron chi connectivity index (χ4n) is 2.76. The molecule has 2 aliphatic rings. The van der Waals surface area contributed by atoms with E-state index in [9.17, 15) is 0 Å². The molecule has 0 aromatic rings. The summed E-state index contributed by atoms with van der Waals surface area (Å²) in [4.78, 5) is 0. The molecule has 0 radical (unpaired) electrons. The summed E-state index contributed by atoms with van der Waals surface area (Å²) >= 11 is 0. The molecule has 118 valence electrons. The summed E-state index contributed by atoms with van der Waals surface area (Å²) in [6.45, 7) is 24.1. The van der Waals surface area contributed by atoms with Crippen LogP contribution in [0.3, 0.4) is 0 Å². The monoisotopic (exact) mass is 278 g/mol. The predicted molar refractivity (Wildman–Crippen MR) is 96.0 cm³/mol. The van der Waals surface area contributed by atoms with Crippen LogP contribution in [0.5, 0.6) is 0 Å². The van der Waals surface area contributed by atoms with Crippen molar-refractivity contribution in [2.45, 2.75) is 68.2 Å². The fraction of sp³-hybridized carbons (Fsp3) is 0.700. The van der Waals surface area contributed by atoms with Crippen LogP contribution in [0.2, 0.25) is 0 Å². The number of allylic oxidation sites excluding steroid dienone is 4. The first-order valence-corrected chi connectivity index (χ1v) is 8.52. The van der Waals surface area contributed by atoms with Gasteiger partial charge in [0.25, 0.3) is 0 Å². The molecular formula is C20H38. The summed E-state index contributed by atoms with van der Waals surface area (Å²) in [6.07, 6.45) is 7.01. The lowest BCUT2D eigenvalue weighted by molar-refractivity contribution is 0.313. The molecule has 2 aliphatic carbocycles. The van der Waals surface area contributed by atoms with E-state index in [0.29, 0.717) is 0 Å². The van der Waals surface area contributed by atoms with E-state index < -0.39 is 0 Å². The van der Waals surface area contributed by atoms with E-state index >= 15 is 0 Å². The van der Waals surface area contributed by atoms with E-state index in [0.717, 1.165) is 29.2 Å². The van der Waals surface area contributed by atoms with Gasteiger partial charge in [-0.1, -0.05) is 91.3 Å². The first-order chi connectivity index (χ1) is 9.52. The van der Waals surface area contributed by atoms with Gasteiger partial charge in [-0.25, -0.2) is 0 Å². The molecule has 0 aromatic heterocycles. The SMILES string of the molecule is C=CC(=C)C.CC.CC.CCCC1C2C=C2C(C)[C@H]1C. The first-order valence-electron chi connectivity index (χ1n) is 8.52. The third kappa shape index (κ3) is 6.59. The standard InChI is InChI=1S/C11H18.C5H8.2C2H6/c1-4-5-9-7(2)8(3)10-6-11(9)10;1-4-5(2)3;2*1-2/h6-9,11H,4-5H2,1-3H3;4H,1-2H2,3H3;2*1-2H3/t7-,8?,9?,11?;;;/m1.../s1. The van der Waals surface area contributed by atoms with Gasteiger partial charge in [0.05, 0.1) is 0 Å². The highest BCUT2D eigenvalue weighted by molar-refractivity contribution is 5.37. The average Bonchev–Trinajstić information content (AvgIpc) is 3.23. The molecular weight excluding hydrogens is 240 g/mol. The number of rotatable bonds is 3. The van der Waals surface area contributed by atoms with Crippen LogP contribution in [-0.2, 0) is 0 Å². The molecule has 0 bridgehead atoms. The van der Waals surface area contributed by atoms with E-state index in [-0.39, 0.29) is 0 Å². The molecule has 0 aliphatic heterocycles. The molecule has 0 spiro atoms. The summed E-state index contributed by atoms with van der Waals surface area (Å²) in [5, 5.41) is 0. The molecule has 20 heavy (non-hydrogen) atoms. The number of fused-ring (bicyclic) bond motifs is 1. The van der Waals surface area contributed by atoms with Gasteiger partial charge in [0.2, 0.25) is 0 Å². The van der Waals surface area contributed by atoms with Gasteiger partial charge in [-0.15, -0.1) is 0 Å². The molecule has 0 amide bonds. The molecule has 2 rings (SSSR count). The normalized spacial score (nSPS) is 28.1. The van der Waals surface area contributed by atoms with Crippen molar-refractivity contribution in [1.82, 2.24) is 0 Å². The van der Waals surface area contributed by atoms with Crippen molar-refractivity contribution in [3.05, 3.63) is 36.5 Å². The van der Waals surface area contributed by atoms with Crippen LogP contribution in [0.1, 0.15) is 68.2 Å². The van der Waals surface area contributed by atoms with Gasteiger partial charge in [0.1, 0.15) is 0 Å². The van der Waals surface area contributed by atoms with Crippen molar-refractivity contribution < 1.29 is 0 Å². The maximum absolute atomic E-state index is 3.56. The van der Waals surface area contributed by atoms with Gasteiger partial charge in [0, 0.05) is 5.92 Å². The Morgan fingerprint density at radius 1 is 1.20 bits per heavy atom. The summed E-state index contributed by atoms with van der Waals surface area (Å²) in [6, 6.07) is 0. The quantitative estimate of drug-likeness (QED) is 0.383. The van der Waals surface area contributed by atoms with Crippen LogP contribution in [0.15, 0.2) is 36.5 Å². The highest BCUT2D eigenvalue weighted by Crippen LogP contribution is 2.56. The van der Waals surface area contributed by atoms with Crippen molar-refractivity contribution in [2.24, 2.45) is 23.7 Å². The Labute approximate surface area is 129 Å². The average molecular weight is 279 g/mol. The lowest BCUT2D eigenvalue weighted by Gasteiger charge is -2.19. The Morgan fingerprint density at radius 3 is 1.90 bits per heavy atom. The Kier molecular flexibility index (Phi) is 12.9. The maximum Gasteiger partial charge on any atom is 0.00138 e. The summed E-state index contributed by atoms with van der Waals surface area (Å²) in [5.74, 6) is 3.81. The first kappa shape index (κ1) is 21.5. The van der Waals surface area contributed by atoms with Crippen LogP contribution in [0, 0.1) is 23.7 Å². The Balaban J connectivity index is 0. The van der Waals surface area contributed by atoms with Crippen LogP contribution in [0.4, 0.5) is 0 Å². The molecule has 0 heterocycles. The molecule has 0 heteroatoms. The van der Waals surface area contributed by atoms with Gasteiger partial charge < -0.3 is 0 Å². The molecule has 0 saturated heterocycles. The van der Waals surface area contributed by atoms with Gasteiger partial charge >= 0.3 is 0 Å². The molecule has 0 N–H and O–H groups in total. The second kappa shape index (κ2) is 12.0. The smallest absolute Gasteiger partial charge is 0.00138 e. The molecule has 0 nitrogen and oxygen atoms in total. The maximum atomic E-state index is 3.56. The second-order valence-electron chi connectivity index (χ2n) is 5.34. The van der Waals surface area contributed by atoms with Crippen LogP contribution in [-0.4, -0.2) is 0 Å². The zero-order valence-corrected chi connectivity index (χ0v) is 15.3. The lowest BCUT2D eigenvalue weighted by Crippen LogP contribution is -2.12. The van der Waals surface area contributed by atoms with E-state index in [1.165, 1.54) is 12.8 Å². The second-order valence-corrected chi connectivity index (χ2v) is 5.34. The zero-order chi connectivity index (χ0) is 16.3. The van der Waals surface area contributed by atoms with Crippen LogP contribution in [0.25, 0.3) is 0 Å². The van der Waals surface area contributed by atoms with E-state index in [1.54, 1.807) is 11.6 Å². The van der Waals surface area contributed by atoms with E-state index in [4.69, 9.17) is 0 Å². The van der Waals surface area contributed by atoms with Crippen molar-refractivity contribution >= 4 is 0 Å². The lowest BCUT2D eigenvalue weighted by atomic mass is 9.85. The molecule has 3 unspecified atom stereocenters. The Bertz CT molecular complexity index is 295. The van der Waals surface area contributed by atoms with Crippen molar-refractivity contribution in [1.29, 1.82) is 0 Å². The summed E-state index contributed by atoms with van der Waals surface area (Å²) in [5.41, 5.74) is 2.79. The summed E-state index contributed by atoms with van der Waals surface area (Å²) in [7, 11) is 0. The van der Waals surface area contributed by atoms with Crippen LogP contribution >= 0.6 is 0 Å². The van der Waals surface area contributed by atoms with Gasteiger partial charge in [0.15, 0.2) is 0 Å².